The van der Waals surface area contributed by atoms with Crippen molar-refractivity contribution < 1.29 is 9.15 Å². The van der Waals surface area contributed by atoms with Crippen LogP contribution in [0.3, 0.4) is 0 Å². The van der Waals surface area contributed by atoms with Crippen molar-refractivity contribution in [3.8, 4) is 5.75 Å². The number of hydrogen-bond donors (Lipinski definition) is 1. The lowest BCUT2D eigenvalue weighted by molar-refractivity contribution is 0.267. The van der Waals surface area contributed by atoms with Crippen LogP contribution in [0.25, 0.3) is 11.1 Å². The Labute approximate surface area is 125 Å². The molecular formula is C14H10Cl2N2O2. The molecule has 2 N–H and O–H groups in total. The molecule has 0 aliphatic heterocycles. The summed E-state index contributed by atoms with van der Waals surface area (Å²) in [5.74, 6) is 0.933. The molecule has 0 saturated carbocycles. The van der Waals surface area contributed by atoms with Gasteiger partial charge in [0.1, 0.15) is 16.3 Å². The molecule has 0 bridgehead atoms. The highest BCUT2D eigenvalue weighted by Crippen LogP contribution is 2.32. The molecule has 0 amide bonds. The van der Waals surface area contributed by atoms with Crippen molar-refractivity contribution in [2.24, 2.45) is 0 Å². The average molecular weight is 309 g/mol. The minimum absolute atomic E-state index is 0.161. The van der Waals surface area contributed by atoms with E-state index in [0.29, 0.717) is 38.5 Å². The second-order valence-corrected chi connectivity index (χ2v) is 4.96. The number of oxazole rings is 1. The van der Waals surface area contributed by atoms with Gasteiger partial charge in [-0.25, -0.2) is 4.98 Å². The summed E-state index contributed by atoms with van der Waals surface area (Å²) in [6.07, 6.45) is 0. The van der Waals surface area contributed by atoms with Crippen molar-refractivity contribution >= 4 is 40.0 Å². The molecule has 0 saturated heterocycles. The number of rotatable bonds is 3. The Morgan fingerprint density at radius 1 is 1.20 bits per heavy atom. The second kappa shape index (κ2) is 5.23. The van der Waals surface area contributed by atoms with E-state index >= 15 is 0 Å². The van der Waals surface area contributed by atoms with E-state index in [9.17, 15) is 0 Å². The zero-order valence-electron chi connectivity index (χ0n) is 10.3. The summed E-state index contributed by atoms with van der Waals surface area (Å²) in [6.45, 7) is 0.161. The molecule has 2 aromatic carbocycles. The number of nitrogens with two attached hydrogens (primary N) is 1. The number of fused-ring (bicyclic) bond motifs is 1. The van der Waals surface area contributed by atoms with Crippen LogP contribution in [0.2, 0.25) is 10.0 Å². The average Bonchev–Trinajstić information content (AvgIpc) is 2.82. The number of hydrogen-bond acceptors (Lipinski definition) is 4. The highest BCUT2D eigenvalue weighted by Gasteiger charge is 2.09. The van der Waals surface area contributed by atoms with E-state index in [1.807, 2.05) is 0 Å². The molecule has 0 spiro atoms. The quantitative estimate of drug-likeness (QED) is 0.733. The van der Waals surface area contributed by atoms with Crippen LogP contribution < -0.4 is 10.5 Å². The van der Waals surface area contributed by atoms with Gasteiger partial charge in [-0.2, -0.15) is 0 Å². The summed E-state index contributed by atoms with van der Waals surface area (Å²) in [5.41, 5.74) is 7.68. The Hall–Kier alpha value is -1.91. The third-order valence-electron chi connectivity index (χ3n) is 2.72. The largest absolute Gasteiger partial charge is 0.482 e. The van der Waals surface area contributed by atoms with Crippen molar-refractivity contribution in [3.63, 3.8) is 0 Å². The highest BCUT2D eigenvalue weighted by molar-refractivity contribution is 6.42. The fourth-order valence-corrected chi connectivity index (χ4v) is 2.14. The first kappa shape index (κ1) is 13.1. The molecule has 20 heavy (non-hydrogen) atoms. The molecule has 4 nitrogen and oxygen atoms in total. The molecule has 0 fully saturated rings. The van der Waals surface area contributed by atoms with E-state index in [1.165, 1.54) is 0 Å². The molecule has 1 aromatic heterocycles. The lowest BCUT2D eigenvalue weighted by atomic mass is 10.3. The molecule has 0 atom stereocenters. The minimum Gasteiger partial charge on any atom is -0.482 e. The predicted octanol–water partition coefficient (Wildman–Crippen LogP) is 4.30. The topological polar surface area (TPSA) is 61.3 Å². The van der Waals surface area contributed by atoms with Gasteiger partial charge in [0.15, 0.2) is 12.2 Å². The third-order valence-corrected chi connectivity index (χ3v) is 3.52. The normalized spacial score (nSPS) is 10.9. The Bertz CT molecular complexity index is 771. The molecule has 0 aliphatic rings. The van der Waals surface area contributed by atoms with Gasteiger partial charge in [-0.3, -0.25) is 0 Å². The first-order valence-electron chi connectivity index (χ1n) is 5.85. The van der Waals surface area contributed by atoms with Crippen LogP contribution in [0, 0.1) is 0 Å². The maximum atomic E-state index is 6.03. The summed E-state index contributed by atoms with van der Waals surface area (Å²) in [4.78, 5) is 4.29. The lowest BCUT2D eigenvalue weighted by Crippen LogP contribution is -1.96. The summed E-state index contributed by atoms with van der Waals surface area (Å²) >= 11 is 11.9. The van der Waals surface area contributed by atoms with E-state index in [2.05, 4.69) is 4.98 Å². The van der Waals surface area contributed by atoms with Gasteiger partial charge in [0.25, 0.3) is 0 Å². The number of ether oxygens (including phenoxy) is 1. The van der Waals surface area contributed by atoms with E-state index < -0.39 is 0 Å². The highest BCUT2D eigenvalue weighted by atomic mass is 35.5. The van der Waals surface area contributed by atoms with Crippen LogP contribution in [-0.4, -0.2) is 4.98 Å². The molecule has 3 rings (SSSR count). The SMILES string of the molecule is Nc1ccc2oc(COc3cccc(Cl)c3Cl)nc2c1. The molecule has 0 unspecified atom stereocenters. The molecule has 1 heterocycles. The predicted molar refractivity (Wildman–Crippen MR) is 79.2 cm³/mol. The summed E-state index contributed by atoms with van der Waals surface area (Å²) in [6, 6.07) is 10.5. The number of benzene rings is 2. The van der Waals surface area contributed by atoms with Crippen molar-refractivity contribution in [1.82, 2.24) is 4.98 Å². The van der Waals surface area contributed by atoms with Crippen LogP contribution in [0.15, 0.2) is 40.8 Å². The fraction of sp³-hybridized carbons (Fsp3) is 0.0714. The van der Waals surface area contributed by atoms with Gasteiger partial charge in [0, 0.05) is 5.69 Å². The number of halogens is 2. The molecule has 3 aromatic rings. The van der Waals surface area contributed by atoms with Gasteiger partial charge >= 0.3 is 0 Å². The molecule has 102 valence electrons. The van der Waals surface area contributed by atoms with Gasteiger partial charge in [-0.05, 0) is 30.3 Å². The summed E-state index contributed by atoms with van der Waals surface area (Å²) in [5, 5.41) is 0.809. The van der Waals surface area contributed by atoms with Crippen LogP contribution in [0.1, 0.15) is 5.89 Å². The standard InChI is InChI=1S/C14H10Cl2N2O2/c15-9-2-1-3-12(14(9)16)19-7-13-18-10-6-8(17)4-5-11(10)20-13/h1-6H,7,17H2. The first-order chi connectivity index (χ1) is 9.63. The Morgan fingerprint density at radius 3 is 2.90 bits per heavy atom. The van der Waals surface area contributed by atoms with E-state index in [4.69, 9.17) is 38.1 Å². The van der Waals surface area contributed by atoms with Crippen LogP contribution >= 0.6 is 23.2 Å². The number of nitrogen functional groups attached to an aromatic ring is 1. The van der Waals surface area contributed by atoms with Crippen molar-refractivity contribution in [2.45, 2.75) is 6.61 Å². The maximum absolute atomic E-state index is 6.03. The van der Waals surface area contributed by atoms with Crippen molar-refractivity contribution in [1.29, 1.82) is 0 Å². The zero-order chi connectivity index (χ0) is 14.1. The molecule has 0 aliphatic carbocycles. The molecule has 0 radical (unpaired) electrons. The second-order valence-electron chi connectivity index (χ2n) is 4.18. The van der Waals surface area contributed by atoms with E-state index in [-0.39, 0.29) is 6.61 Å². The molecule has 6 heteroatoms. The van der Waals surface area contributed by atoms with E-state index in [0.717, 1.165) is 0 Å². The summed E-state index contributed by atoms with van der Waals surface area (Å²) in [7, 11) is 0. The Kier molecular flexibility index (Phi) is 3.42. The summed E-state index contributed by atoms with van der Waals surface area (Å²) < 4.78 is 11.1. The van der Waals surface area contributed by atoms with E-state index in [1.54, 1.807) is 36.4 Å². The first-order valence-corrected chi connectivity index (χ1v) is 6.61. The number of aromatic nitrogens is 1. The number of nitrogens with zero attached hydrogens (tertiary/aromatic N) is 1. The maximum Gasteiger partial charge on any atom is 0.233 e. The Balaban J connectivity index is 1.81. The zero-order valence-corrected chi connectivity index (χ0v) is 11.8. The molecular weight excluding hydrogens is 299 g/mol. The lowest BCUT2D eigenvalue weighted by Gasteiger charge is -2.06. The minimum atomic E-state index is 0.161. The monoisotopic (exact) mass is 308 g/mol. The Morgan fingerprint density at radius 2 is 2.05 bits per heavy atom. The van der Waals surface area contributed by atoms with Crippen LogP contribution in [0.4, 0.5) is 5.69 Å². The van der Waals surface area contributed by atoms with Gasteiger partial charge in [0.2, 0.25) is 5.89 Å². The van der Waals surface area contributed by atoms with Gasteiger partial charge in [-0.1, -0.05) is 29.3 Å². The van der Waals surface area contributed by atoms with Gasteiger partial charge in [-0.15, -0.1) is 0 Å². The smallest absolute Gasteiger partial charge is 0.233 e. The van der Waals surface area contributed by atoms with Crippen molar-refractivity contribution in [3.05, 3.63) is 52.3 Å². The number of anilines is 1. The van der Waals surface area contributed by atoms with Gasteiger partial charge < -0.3 is 14.9 Å². The van der Waals surface area contributed by atoms with Crippen LogP contribution in [0.5, 0.6) is 5.75 Å². The van der Waals surface area contributed by atoms with Gasteiger partial charge in [0.05, 0.1) is 5.02 Å². The third kappa shape index (κ3) is 2.53. The van der Waals surface area contributed by atoms with Crippen molar-refractivity contribution in [2.75, 3.05) is 5.73 Å². The van der Waals surface area contributed by atoms with Crippen LogP contribution in [-0.2, 0) is 6.61 Å². The fourth-order valence-electron chi connectivity index (χ4n) is 1.79.